The van der Waals surface area contributed by atoms with Crippen LogP contribution >= 0.6 is 0 Å². The minimum absolute atomic E-state index is 0.377. The van der Waals surface area contributed by atoms with E-state index in [2.05, 4.69) is 18.7 Å². The summed E-state index contributed by atoms with van der Waals surface area (Å²) in [6.07, 6.45) is 0. The SMILES string of the molecule is CCN(CC)CCN1C(=O)C(=O)c2cccc(C)c21. The van der Waals surface area contributed by atoms with Gasteiger partial charge in [-0.05, 0) is 31.6 Å². The number of carbonyl (C=O) groups is 2. The molecule has 1 aliphatic heterocycles. The van der Waals surface area contributed by atoms with Gasteiger partial charge in [-0.3, -0.25) is 9.59 Å². The molecule has 0 bridgehead atoms. The van der Waals surface area contributed by atoms with Gasteiger partial charge in [0.05, 0.1) is 11.3 Å². The zero-order valence-electron chi connectivity index (χ0n) is 11.8. The third-order valence-corrected chi connectivity index (χ3v) is 3.73. The van der Waals surface area contributed by atoms with Gasteiger partial charge in [-0.15, -0.1) is 0 Å². The van der Waals surface area contributed by atoms with Crippen LogP contribution in [0.5, 0.6) is 0 Å². The molecule has 0 unspecified atom stereocenters. The molecule has 4 heteroatoms. The van der Waals surface area contributed by atoms with E-state index >= 15 is 0 Å². The number of anilines is 1. The Morgan fingerprint density at radius 1 is 1.16 bits per heavy atom. The van der Waals surface area contributed by atoms with Crippen LogP contribution in [0.4, 0.5) is 5.69 Å². The summed E-state index contributed by atoms with van der Waals surface area (Å²) in [5, 5.41) is 0. The van der Waals surface area contributed by atoms with Crippen molar-refractivity contribution in [2.45, 2.75) is 20.8 Å². The molecule has 1 heterocycles. The fourth-order valence-electron chi connectivity index (χ4n) is 2.53. The lowest BCUT2D eigenvalue weighted by molar-refractivity contribution is -0.114. The van der Waals surface area contributed by atoms with Gasteiger partial charge < -0.3 is 9.80 Å². The summed E-state index contributed by atoms with van der Waals surface area (Å²) in [6.45, 7) is 9.40. The first kappa shape index (κ1) is 13.7. The number of rotatable bonds is 5. The van der Waals surface area contributed by atoms with Crippen LogP contribution in [-0.2, 0) is 4.79 Å². The lowest BCUT2D eigenvalue weighted by Crippen LogP contribution is -2.38. The van der Waals surface area contributed by atoms with Gasteiger partial charge in [0.1, 0.15) is 0 Å². The molecule has 0 spiro atoms. The number of para-hydroxylation sites is 1. The third-order valence-electron chi connectivity index (χ3n) is 3.73. The number of amides is 1. The molecule has 1 aromatic carbocycles. The number of ketones is 1. The van der Waals surface area contributed by atoms with E-state index in [4.69, 9.17) is 0 Å². The summed E-state index contributed by atoms with van der Waals surface area (Å²) in [7, 11) is 0. The van der Waals surface area contributed by atoms with E-state index < -0.39 is 5.91 Å². The summed E-state index contributed by atoms with van der Waals surface area (Å²) in [5.41, 5.74) is 2.32. The van der Waals surface area contributed by atoms with Gasteiger partial charge in [0.15, 0.2) is 0 Å². The van der Waals surface area contributed by atoms with Crippen LogP contribution in [-0.4, -0.2) is 42.8 Å². The molecule has 2 rings (SSSR count). The summed E-state index contributed by atoms with van der Waals surface area (Å²) in [6, 6.07) is 5.50. The maximum Gasteiger partial charge on any atom is 0.299 e. The fourth-order valence-corrected chi connectivity index (χ4v) is 2.53. The highest BCUT2D eigenvalue weighted by Gasteiger charge is 2.36. The van der Waals surface area contributed by atoms with Gasteiger partial charge in [0.2, 0.25) is 0 Å². The smallest absolute Gasteiger partial charge is 0.299 e. The van der Waals surface area contributed by atoms with E-state index in [1.807, 2.05) is 19.1 Å². The normalized spacial score (nSPS) is 14.4. The largest absolute Gasteiger partial charge is 0.303 e. The molecule has 0 fully saturated rings. The van der Waals surface area contributed by atoms with Crippen molar-refractivity contribution in [1.82, 2.24) is 4.90 Å². The standard InChI is InChI=1S/C15H20N2O2/c1-4-16(5-2)9-10-17-13-11(3)7-6-8-12(13)14(18)15(17)19/h6-8H,4-5,9-10H2,1-3H3. The van der Waals surface area contributed by atoms with Crippen molar-refractivity contribution in [3.63, 3.8) is 0 Å². The Morgan fingerprint density at radius 3 is 2.47 bits per heavy atom. The van der Waals surface area contributed by atoms with Gasteiger partial charge in [0, 0.05) is 13.1 Å². The second-order valence-electron chi connectivity index (χ2n) is 4.78. The van der Waals surface area contributed by atoms with Crippen LogP contribution in [0.25, 0.3) is 0 Å². The molecule has 0 radical (unpaired) electrons. The first-order valence-electron chi connectivity index (χ1n) is 6.78. The number of Topliss-reactive ketones (excluding diaryl/α,β-unsaturated/α-hetero) is 1. The van der Waals surface area contributed by atoms with E-state index in [1.165, 1.54) is 0 Å². The minimum Gasteiger partial charge on any atom is -0.303 e. The average molecular weight is 260 g/mol. The maximum absolute atomic E-state index is 12.1. The summed E-state index contributed by atoms with van der Waals surface area (Å²) in [4.78, 5) is 27.9. The summed E-state index contributed by atoms with van der Waals surface area (Å²) < 4.78 is 0. The van der Waals surface area contributed by atoms with E-state index in [0.29, 0.717) is 12.1 Å². The number of nitrogens with zero attached hydrogens (tertiary/aromatic N) is 2. The quantitative estimate of drug-likeness (QED) is 0.759. The van der Waals surface area contributed by atoms with Crippen LogP contribution in [0.3, 0.4) is 0 Å². The fraction of sp³-hybridized carbons (Fsp3) is 0.467. The molecule has 1 aromatic rings. The molecular formula is C15H20N2O2. The maximum atomic E-state index is 12.1. The van der Waals surface area contributed by atoms with Crippen LogP contribution in [0.1, 0.15) is 29.8 Å². The van der Waals surface area contributed by atoms with Gasteiger partial charge in [-0.25, -0.2) is 0 Å². The van der Waals surface area contributed by atoms with Crippen LogP contribution in [0.2, 0.25) is 0 Å². The average Bonchev–Trinajstić information content (AvgIpc) is 2.66. The first-order chi connectivity index (χ1) is 9.10. The van der Waals surface area contributed by atoms with E-state index in [1.54, 1.807) is 11.0 Å². The van der Waals surface area contributed by atoms with Crippen molar-refractivity contribution >= 4 is 17.4 Å². The number of hydrogen-bond donors (Lipinski definition) is 0. The van der Waals surface area contributed by atoms with Crippen molar-refractivity contribution < 1.29 is 9.59 Å². The second-order valence-corrected chi connectivity index (χ2v) is 4.78. The van der Waals surface area contributed by atoms with Gasteiger partial charge in [0.25, 0.3) is 11.7 Å². The summed E-state index contributed by atoms with van der Waals surface area (Å²) >= 11 is 0. The Morgan fingerprint density at radius 2 is 1.84 bits per heavy atom. The molecule has 0 aromatic heterocycles. The predicted molar refractivity (Wildman–Crippen MR) is 75.7 cm³/mol. The van der Waals surface area contributed by atoms with Crippen molar-refractivity contribution in [1.29, 1.82) is 0 Å². The molecule has 1 aliphatic rings. The topological polar surface area (TPSA) is 40.6 Å². The zero-order valence-corrected chi connectivity index (χ0v) is 11.8. The van der Waals surface area contributed by atoms with Crippen molar-refractivity contribution in [2.75, 3.05) is 31.1 Å². The Kier molecular flexibility index (Phi) is 4.00. The van der Waals surface area contributed by atoms with E-state index in [-0.39, 0.29) is 5.78 Å². The minimum atomic E-state index is -0.392. The highest BCUT2D eigenvalue weighted by molar-refractivity contribution is 6.52. The van der Waals surface area contributed by atoms with E-state index in [0.717, 1.165) is 30.9 Å². The van der Waals surface area contributed by atoms with Gasteiger partial charge in [-0.2, -0.15) is 0 Å². The molecule has 0 atom stereocenters. The number of carbonyl (C=O) groups excluding carboxylic acids is 2. The van der Waals surface area contributed by atoms with Crippen LogP contribution in [0.15, 0.2) is 18.2 Å². The molecule has 19 heavy (non-hydrogen) atoms. The van der Waals surface area contributed by atoms with E-state index in [9.17, 15) is 9.59 Å². The Bertz CT molecular complexity index is 507. The lowest BCUT2D eigenvalue weighted by atomic mass is 10.1. The van der Waals surface area contributed by atoms with Crippen molar-refractivity contribution in [2.24, 2.45) is 0 Å². The molecule has 0 saturated heterocycles. The molecule has 1 amide bonds. The van der Waals surface area contributed by atoms with Crippen LogP contribution < -0.4 is 4.90 Å². The first-order valence-corrected chi connectivity index (χ1v) is 6.78. The molecule has 0 aliphatic carbocycles. The Hall–Kier alpha value is -1.68. The molecule has 102 valence electrons. The number of hydrogen-bond acceptors (Lipinski definition) is 3. The number of fused-ring (bicyclic) bond motifs is 1. The molecule has 0 N–H and O–H groups in total. The molecule has 4 nitrogen and oxygen atoms in total. The monoisotopic (exact) mass is 260 g/mol. The lowest BCUT2D eigenvalue weighted by Gasteiger charge is -2.23. The van der Waals surface area contributed by atoms with Crippen LogP contribution in [0, 0.1) is 6.92 Å². The third kappa shape index (κ3) is 2.40. The Labute approximate surface area is 114 Å². The van der Waals surface area contributed by atoms with Crippen molar-refractivity contribution in [3.05, 3.63) is 29.3 Å². The van der Waals surface area contributed by atoms with Gasteiger partial charge in [-0.1, -0.05) is 26.0 Å². The highest BCUT2D eigenvalue weighted by atomic mass is 16.2. The molecule has 0 saturated carbocycles. The van der Waals surface area contributed by atoms with Crippen molar-refractivity contribution in [3.8, 4) is 0 Å². The zero-order chi connectivity index (χ0) is 14.0. The Balaban J connectivity index is 2.23. The number of likely N-dealkylation sites (N-methyl/N-ethyl adjacent to an activating group) is 1. The summed E-state index contributed by atoms with van der Waals surface area (Å²) in [5.74, 6) is -0.769. The number of aryl methyl sites for hydroxylation is 1. The molecular weight excluding hydrogens is 240 g/mol. The second kappa shape index (κ2) is 5.53. The van der Waals surface area contributed by atoms with Gasteiger partial charge >= 0.3 is 0 Å². The highest BCUT2D eigenvalue weighted by Crippen LogP contribution is 2.31. The number of benzene rings is 1. The predicted octanol–water partition coefficient (Wildman–Crippen LogP) is 1.87.